The molecule has 8 aromatic rings. The highest BCUT2D eigenvalue weighted by Crippen LogP contribution is 2.42. The first-order valence-electron chi connectivity index (χ1n) is 43.0. The highest BCUT2D eigenvalue weighted by molar-refractivity contribution is 9.11. The van der Waals surface area contributed by atoms with E-state index in [0.29, 0.717) is 132 Å². The van der Waals surface area contributed by atoms with Crippen LogP contribution in [0.25, 0.3) is 0 Å². The predicted molar refractivity (Wildman–Crippen MR) is 559 cm³/mol. The van der Waals surface area contributed by atoms with E-state index >= 15 is 0 Å². The summed E-state index contributed by atoms with van der Waals surface area (Å²) in [7, 11) is 0. The Labute approximate surface area is 880 Å². The number of aliphatic hydroxyl groups excluding tert-OH is 4. The number of Topliss-reactive ketones (excluding diaryl/α,β-unsaturated/α-hetero) is 2. The lowest BCUT2D eigenvalue weighted by Gasteiger charge is -2.22. The maximum Gasteiger partial charge on any atom is 0.197 e. The molecule has 8 aromatic carbocycles. The van der Waals surface area contributed by atoms with E-state index in [4.69, 9.17) is 104 Å². The number of aromatic hydroxyl groups is 4. The zero-order chi connectivity index (χ0) is 111. The van der Waals surface area contributed by atoms with Crippen LogP contribution < -0.4 is 47.4 Å². The topological polar surface area (TPSA) is 322 Å². The minimum Gasteiger partial charge on any atom is -0.504 e. The van der Waals surface area contributed by atoms with Crippen molar-refractivity contribution in [1.29, 1.82) is 0 Å². The zero-order valence-corrected chi connectivity index (χ0v) is 86.6. The Bertz CT molecular complexity index is 6180. The highest BCUT2D eigenvalue weighted by atomic mass is 79.9. The molecule has 0 aromatic heterocycles. The molecule has 776 valence electrons. The SMILES string of the molecule is C.C#C.C#CC.C#CC#CC.C#CC#CC#C.C#CC#CC#CC.CC#CC.CC#CC#CC#CC.CC[C@@H](C)C(=O)c1cc(F)c2c(c1)OCCO2.CC[C@@H](C)[C@H](O)c1cc(F)c2c(c1)OCCO2.C[C@H](CO)C(=O)c1cc(F)c2c(c1)OCCO2.C[C@H](CO)[C@H](O)c1cc(F)c2c(c1)OCCO2.Fc1cc(Br)cc2c1OCCO2.O=Cc1cc(Br)cc(F)c1O.O=Cc1cccc(F)c1O.Oc1cc(Br)cc(F)c1O. The Morgan fingerprint density at radius 2 is 0.667 bits per heavy atom. The van der Waals surface area contributed by atoms with Crippen molar-refractivity contribution in [2.45, 2.75) is 122 Å². The molecular formula is C114H111Br3F8O22. The molecule has 13 rings (SSSR count). The third kappa shape index (κ3) is 51.3. The van der Waals surface area contributed by atoms with Gasteiger partial charge in [0, 0.05) is 48.9 Å². The summed E-state index contributed by atoms with van der Waals surface area (Å²) in [4.78, 5) is 44.0. The lowest BCUT2D eigenvalue weighted by molar-refractivity contribution is 0.0759. The van der Waals surface area contributed by atoms with E-state index in [1.165, 1.54) is 54.6 Å². The van der Waals surface area contributed by atoms with Crippen LogP contribution in [0.4, 0.5) is 35.1 Å². The molecule has 0 bridgehead atoms. The molecule has 0 radical (unpaired) electrons. The molecule has 0 saturated heterocycles. The summed E-state index contributed by atoms with van der Waals surface area (Å²) < 4.78 is 159. The Kier molecular flexibility index (Phi) is 73.3. The van der Waals surface area contributed by atoms with Gasteiger partial charge in [0.1, 0.15) is 66.1 Å². The molecule has 0 aliphatic carbocycles. The second kappa shape index (κ2) is 79.6. The number of halogens is 11. The summed E-state index contributed by atoms with van der Waals surface area (Å²) in [6.45, 7) is 26.4. The number of para-hydroxylation sites is 1. The van der Waals surface area contributed by atoms with Gasteiger partial charge in [-0.25, -0.2) is 35.1 Å². The molecule has 5 heterocycles. The first kappa shape index (κ1) is 135. The van der Waals surface area contributed by atoms with Crippen LogP contribution in [0.1, 0.15) is 175 Å². The average molecular weight is 2220 g/mol. The largest absolute Gasteiger partial charge is 0.504 e. The number of phenolic OH excluding ortho intramolecular Hbond substituents is 4. The lowest BCUT2D eigenvalue weighted by Crippen LogP contribution is -2.19. The van der Waals surface area contributed by atoms with Gasteiger partial charge in [0.25, 0.3) is 0 Å². The minimum atomic E-state index is -0.926. The number of rotatable bonds is 14. The maximum atomic E-state index is 13.7. The molecule has 33 heteroatoms. The molecule has 0 unspecified atom stereocenters. The van der Waals surface area contributed by atoms with Crippen LogP contribution in [-0.2, 0) is 0 Å². The number of benzene rings is 8. The van der Waals surface area contributed by atoms with Crippen LogP contribution >= 0.6 is 47.8 Å². The summed E-state index contributed by atoms with van der Waals surface area (Å²) in [5.41, 5.74) is 1.38. The summed E-state index contributed by atoms with van der Waals surface area (Å²) in [6.07, 6.45) is 32.2. The maximum absolute atomic E-state index is 13.7. The number of carbonyl (C=O) groups excluding carboxylic acids is 4. The number of fused-ring (bicyclic) bond motifs is 5. The summed E-state index contributed by atoms with van der Waals surface area (Å²) >= 11 is 9.08. The molecule has 5 aliphatic heterocycles. The fourth-order valence-electron chi connectivity index (χ4n) is 10.3. The van der Waals surface area contributed by atoms with Crippen molar-refractivity contribution in [1.82, 2.24) is 0 Å². The van der Waals surface area contributed by atoms with Gasteiger partial charge < -0.3 is 88.2 Å². The van der Waals surface area contributed by atoms with Gasteiger partial charge in [-0.15, -0.1) is 62.7 Å². The molecule has 22 nitrogen and oxygen atoms in total. The Balaban J connectivity index is -0.00000155. The molecular weight excluding hydrogens is 2110 g/mol. The van der Waals surface area contributed by atoms with Crippen molar-refractivity contribution >= 4 is 71.9 Å². The quantitative estimate of drug-likeness (QED) is 0.0165. The van der Waals surface area contributed by atoms with Crippen molar-refractivity contribution < 1.29 is 143 Å². The van der Waals surface area contributed by atoms with Gasteiger partial charge in [-0.1, -0.05) is 133 Å². The van der Waals surface area contributed by atoms with Gasteiger partial charge in [0.2, 0.25) is 0 Å². The number of phenols is 4. The van der Waals surface area contributed by atoms with Crippen LogP contribution in [0, 0.1) is 240 Å². The number of hydrogen-bond donors (Lipinski definition) is 8. The van der Waals surface area contributed by atoms with Gasteiger partial charge in [-0.3, -0.25) is 19.2 Å². The van der Waals surface area contributed by atoms with Crippen LogP contribution in [0.2, 0.25) is 0 Å². The number of carbonyl (C=O) groups is 4. The number of aliphatic hydroxyl groups is 4. The second-order valence-corrected chi connectivity index (χ2v) is 30.8. The summed E-state index contributed by atoms with van der Waals surface area (Å²) in [5, 5.41) is 72.9. The van der Waals surface area contributed by atoms with Gasteiger partial charge in [0.15, 0.2) is 151 Å². The van der Waals surface area contributed by atoms with E-state index in [-0.39, 0.29) is 107 Å². The predicted octanol–water partition coefficient (Wildman–Crippen LogP) is 21.1. The number of ketones is 2. The Morgan fingerprint density at radius 3 is 0.993 bits per heavy atom. The van der Waals surface area contributed by atoms with Gasteiger partial charge in [-0.2, -0.15) is 0 Å². The Hall–Kier alpha value is -15.8. The third-order valence-corrected chi connectivity index (χ3v) is 19.2. The van der Waals surface area contributed by atoms with E-state index in [2.05, 4.69) is 191 Å². The van der Waals surface area contributed by atoms with E-state index in [9.17, 15) is 64.5 Å². The molecule has 0 spiro atoms. The van der Waals surface area contributed by atoms with Crippen molar-refractivity contribution in [3.8, 4) is 250 Å². The Morgan fingerprint density at radius 1 is 0.361 bits per heavy atom. The van der Waals surface area contributed by atoms with Gasteiger partial charge in [0.05, 0.1) is 29.9 Å². The molecule has 0 fully saturated rings. The number of terminal acetylenes is 6. The minimum absolute atomic E-state index is 0. The van der Waals surface area contributed by atoms with E-state index in [0.717, 1.165) is 37.1 Å². The average Bonchev–Trinajstić information content (AvgIpc) is 0.818. The fraction of sp³-hybridized carbons (Fsp3) is 0.298. The van der Waals surface area contributed by atoms with Crippen LogP contribution in [0.3, 0.4) is 0 Å². The monoisotopic (exact) mass is 2220 g/mol. The molecule has 147 heavy (non-hydrogen) atoms. The standard InChI is InChI=1S/C13H17FO3.C13H15FO3.C12H15FO4.C12H13FO4.C8H6BrFO2.C8H6.C7H4BrFO2.C7H5FO2.C7H4.C6H4BrFO2.C6H2.C5H4.C4H6.C3H4.C2H2.CH4/c2*1-3-8(2)12(15)9-6-10(14)13-11(7-9)16-4-5-17-13;2*1-7(6-14)11(15)8-4-9(13)12-10(5-8)16-2-3-17-12;9-5-3-6(10)8-7(4-5)11-1-2-12-8;1-3-5-7-8-6-4-2;8-5-1-4(3-10)7(11)6(9)2-5;8-6-3-1-2-5(4-9)7(6)10;1-3-5-7-6-4-2;7-3-1-4(8)6(10)5(9)2-3;1-3-5-6-4-2;1-3-5-4-2;1-3-4-2;1-3-2;1-2;/h6-8,12,15H,3-5H2,1-2H3;6-8H,3-5H2,1-2H3;4-5,7,11,14-15H,2-3,6H2,1H3;4-5,7,14H,2-3,6H2,1H3;3-4H,1-2H2;1-2H3;1-3,11H;1-4,10H;1H,2H3;1-2,9-10H;1-2H;1H,2H3;1-2H3;1H,2H3;1-2H;1H4/t8-,12+;8-;7-,11+;7-;;;;;;;;;;;;/m1111............/s1. The fourth-order valence-corrected chi connectivity index (χ4v) is 11.6. The lowest BCUT2D eigenvalue weighted by atomic mass is 9.95. The summed E-state index contributed by atoms with van der Waals surface area (Å²) in [5.74, 6) is 44.4. The molecule has 8 N–H and O–H groups in total. The van der Waals surface area contributed by atoms with Gasteiger partial charge in [-0.05, 0) is 252 Å². The number of aldehydes is 2. The van der Waals surface area contributed by atoms with Crippen LogP contribution in [-0.4, -0.2) is 144 Å². The van der Waals surface area contributed by atoms with E-state index < -0.39 is 81.8 Å². The number of ether oxygens (including phenoxy) is 10. The van der Waals surface area contributed by atoms with Crippen LogP contribution in [0.5, 0.6) is 80.5 Å². The molecule has 6 atom stereocenters. The van der Waals surface area contributed by atoms with Crippen molar-refractivity contribution in [3.05, 3.63) is 196 Å². The van der Waals surface area contributed by atoms with E-state index in [1.54, 1.807) is 72.7 Å². The van der Waals surface area contributed by atoms with Crippen molar-refractivity contribution in [2.24, 2.45) is 23.7 Å². The normalized spacial score (nSPS) is 11.6. The molecule has 0 amide bonds. The van der Waals surface area contributed by atoms with Crippen LogP contribution in [0.15, 0.2) is 117 Å². The molecule has 0 saturated carbocycles. The zero-order valence-electron chi connectivity index (χ0n) is 81.8. The summed E-state index contributed by atoms with van der Waals surface area (Å²) in [6, 6.07) is 22.6. The molecule has 5 aliphatic rings. The smallest absolute Gasteiger partial charge is 0.197 e. The van der Waals surface area contributed by atoms with Crippen molar-refractivity contribution in [2.75, 3.05) is 79.3 Å². The first-order chi connectivity index (χ1) is 69.8. The number of hydrogen-bond acceptors (Lipinski definition) is 22. The first-order valence-corrected chi connectivity index (χ1v) is 45.4. The third-order valence-electron chi connectivity index (χ3n) is 17.8. The van der Waals surface area contributed by atoms with Crippen molar-refractivity contribution in [3.63, 3.8) is 0 Å². The van der Waals surface area contributed by atoms with E-state index in [1.807, 2.05) is 41.5 Å². The highest BCUT2D eigenvalue weighted by Gasteiger charge is 2.28. The second-order valence-electron chi connectivity index (χ2n) is 28.1. The van der Waals surface area contributed by atoms with Gasteiger partial charge >= 0.3 is 0 Å².